The van der Waals surface area contributed by atoms with E-state index in [4.69, 9.17) is 16.3 Å². The topological polar surface area (TPSA) is 43.4 Å². The lowest BCUT2D eigenvalue weighted by atomic mass is 9.83. The third kappa shape index (κ3) is 3.30. The number of fused-ring (bicyclic) bond motifs is 1. The lowest BCUT2D eigenvalue weighted by Gasteiger charge is -2.21. The molecular formula is C19H23ClO3. The maximum atomic E-state index is 12.8. The Morgan fingerprint density at radius 1 is 1.17 bits per heavy atom. The minimum absolute atomic E-state index is 0.113. The Hall–Kier alpha value is -1.35. The van der Waals surface area contributed by atoms with Crippen molar-refractivity contribution >= 4 is 23.4 Å². The third-order valence-corrected chi connectivity index (χ3v) is 5.43. The first kappa shape index (κ1) is 16.5. The molecule has 0 radical (unpaired) electrons. The number of carbonyl (C=O) groups is 2. The van der Waals surface area contributed by atoms with Gasteiger partial charge >= 0.3 is 5.97 Å². The van der Waals surface area contributed by atoms with Crippen LogP contribution in [-0.4, -0.2) is 18.4 Å². The Balaban J connectivity index is 1.85. The molecule has 23 heavy (non-hydrogen) atoms. The van der Waals surface area contributed by atoms with Crippen LogP contribution in [0.3, 0.4) is 0 Å². The highest BCUT2D eigenvalue weighted by Crippen LogP contribution is 2.38. The van der Waals surface area contributed by atoms with Crippen molar-refractivity contribution < 1.29 is 14.3 Å². The van der Waals surface area contributed by atoms with E-state index in [2.05, 4.69) is 0 Å². The molecule has 0 amide bonds. The summed E-state index contributed by atoms with van der Waals surface area (Å²) in [5, 5.41) is 0.482. The van der Waals surface area contributed by atoms with Gasteiger partial charge in [0.05, 0.1) is 17.5 Å². The number of benzene rings is 1. The molecule has 0 N–H and O–H groups in total. The molecule has 0 bridgehead atoms. The first-order valence-electron chi connectivity index (χ1n) is 8.65. The molecule has 1 saturated carbocycles. The van der Waals surface area contributed by atoms with Gasteiger partial charge in [0.1, 0.15) is 0 Å². The van der Waals surface area contributed by atoms with Crippen molar-refractivity contribution in [3.8, 4) is 0 Å². The molecule has 0 spiro atoms. The monoisotopic (exact) mass is 334 g/mol. The van der Waals surface area contributed by atoms with Crippen molar-refractivity contribution in [1.29, 1.82) is 0 Å². The van der Waals surface area contributed by atoms with E-state index < -0.39 is 0 Å². The summed E-state index contributed by atoms with van der Waals surface area (Å²) in [5.41, 5.74) is 2.65. The second-order valence-electron chi connectivity index (χ2n) is 6.57. The maximum absolute atomic E-state index is 12.8. The van der Waals surface area contributed by atoms with E-state index in [1.807, 2.05) is 19.1 Å². The van der Waals surface area contributed by atoms with Crippen LogP contribution in [0.15, 0.2) is 12.1 Å². The lowest BCUT2D eigenvalue weighted by molar-refractivity contribution is -0.144. The van der Waals surface area contributed by atoms with Crippen LogP contribution >= 0.6 is 11.6 Å². The SMILES string of the molecule is CCOC(=O)C1CCc2cc(C(=O)C3CCCCC3)c(Cl)cc21. The molecule has 1 atom stereocenters. The van der Waals surface area contributed by atoms with Crippen molar-refractivity contribution in [2.75, 3.05) is 6.61 Å². The summed E-state index contributed by atoms with van der Waals surface area (Å²) in [6, 6.07) is 3.75. The second kappa shape index (κ2) is 7.04. The molecule has 0 heterocycles. The number of hydrogen-bond donors (Lipinski definition) is 0. The van der Waals surface area contributed by atoms with E-state index in [0.29, 0.717) is 17.2 Å². The van der Waals surface area contributed by atoms with Crippen LogP contribution in [0.25, 0.3) is 0 Å². The molecular weight excluding hydrogens is 312 g/mol. The van der Waals surface area contributed by atoms with Crippen molar-refractivity contribution in [3.05, 3.63) is 33.8 Å². The van der Waals surface area contributed by atoms with E-state index in [9.17, 15) is 9.59 Å². The van der Waals surface area contributed by atoms with Gasteiger partial charge in [-0.05, 0) is 55.9 Å². The highest BCUT2D eigenvalue weighted by molar-refractivity contribution is 6.34. The second-order valence-corrected chi connectivity index (χ2v) is 6.98. The van der Waals surface area contributed by atoms with Gasteiger partial charge in [-0.2, -0.15) is 0 Å². The molecule has 3 rings (SSSR count). The van der Waals surface area contributed by atoms with Gasteiger partial charge in [-0.3, -0.25) is 9.59 Å². The fourth-order valence-corrected chi connectivity index (χ4v) is 4.16. The predicted molar refractivity (Wildman–Crippen MR) is 90.1 cm³/mol. The smallest absolute Gasteiger partial charge is 0.313 e. The summed E-state index contributed by atoms with van der Waals surface area (Å²) < 4.78 is 5.15. The molecule has 1 unspecified atom stereocenters. The number of halogens is 1. The molecule has 2 aliphatic rings. The van der Waals surface area contributed by atoms with Crippen LogP contribution in [0.2, 0.25) is 5.02 Å². The molecule has 4 heteroatoms. The lowest BCUT2D eigenvalue weighted by Crippen LogP contribution is -2.19. The number of esters is 1. The molecule has 124 valence electrons. The highest BCUT2D eigenvalue weighted by Gasteiger charge is 2.32. The standard InChI is InChI=1S/C19H23ClO3/c1-2-23-19(22)14-9-8-13-10-16(17(20)11-15(13)14)18(21)12-6-4-3-5-7-12/h10-12,14H,2-9H2,1H3. The first-order chi connectivity index (χ1) is 11.1. The van der Waals surface area contributed by atoms with E-state index in [-0.39, 0.29) is 23.6 Å². The predicted octanol–water partition coefficient (Wildman–Crippen LogP) is 4.70. The Kier molecular flexibility index (Phi) is 5.05. The first-order valence-corrected chi connectivity index (χ1v) is 9.02. The van der Waals surface area contributed by atoms with Crippen LogP contribution in [0.1, 0.15) is 72.9 Å². The number of hydrogen-bond acceptors (Lipinski definition) is 3. The fraction of sp³-hybridized carbons (Fsp3) is 0.579. The molecule has 2 aliphatic carbocycles. The summed E-state index contributed by atoms with van der Waals surface area (Å²) in [7, 11) is 0. The highest BCUT2D eigenvalue weighted by atomic mass is 35.5. The minimum atomic E-state index is -0.235. The summed E-state index contributed by atoms with van der Waals surface area (Å²) >= 11 is 6.40. The van der Waals surface area contributed by atoms with Gasteiger partial charge in [0.2, 0.25) is 0 Å². The van der Waals surface area contributed by atoms with Crippen LogP contribution in [0.4, 0.5) is 0 Å². The van der Waals surface area contributed by atoms with Crippen molar-refractivity contribution in [3.63, 3.8) is 0 Å². The Labute approximate surface area is 142 Å². The zero-order valence-electron chi connectivity index (χ0n) is 13.6. The van der Waals surface area contributed by atoms with Gasteiger partial charge in [-0.25, -0.2) is 0 Å². The zero-order chi connectivity index (χ0) is 16.4. The average molecular weight is 335 g/mol. The molecule has 1 aromatic carbocycles. The van der Waals surface area contributed by atoms with Crippen LogP contribution in [-0.2, 0) is 16.0 Å². The van der Waals surface area contributed by atoms with Crippen LogP contribution < -0.4 is 0 Å². The summed E-state index contributed by atoms with van der Waals surface area (Å²) in [6.07, 6.45) is 6.97. The van der Waals surface area contributed by atoms with E-state index >= 15 is 0 Å². The van der Waals surface area contributed by atoms with E-state index in [1.165, 1.54) is 6.42 Å². The van der Waals surface area contributed by atoms with Crippen molar-refractivity contribution in [2.24, 2.45) is 5.92 Å². The van der Waals surface area contributed by atoms with Crippen molar-refractivity contribution in [1.82, 2.24) is 0 Å². The molecule has 0 saturated heterocycles. The minimum Gasteiger partial charge on any atom is -0.466 e. The molecule has 1 aromatic rings. The summed E-state index contributed by atoms with van der Waals surface area (Å²) in [4.78, 5) is 24.8. The number of ether oxygens (including phenoxy) is 1. The largest absolute Gasteiger partial charge is 0.466 e. The number of ketones is 1. The normalized spacial score (nSPS) is 21.0. The summed E-state index contributed by atoms with van der Waals surface area (Å²) in [5.74, 6) is -0.131. The molecule has 0 aliphatic heterocycles. The van der Waals surface area contributed by atoms with Gasteiger partial charge in [0.25, 0.3) is 0 Å². The Bertz CT molecular complexity index is 617. The maximum Gasteiger partial charge on any atom is 0.313 e. The summed E-state index contributed by atoms with van der Waals surface area (Å²) in [6.45, 7) is 2.20. The van der Waals surface area contributed by atoms with Gasteiger partial charge in [-0.15, -0.1) is 0 Å². The number of Topliss-reactive ketones (excluding diaryl/α,β-unsaturated/α-hetero) is 1. The molecule has 0 aromatic heterocycles. The molecule has 3 nitrogen and oxygen atoms in total. The molecule has 1 fully saturated rings. The zero-order valence-corrected chi connectivity index (χ0v) is 14.3. The third-order valence-electron chi connectivity index (χ3n) is 5.12. The van der Waals surface area contributed by atoms with Gasteiger partial charge in [0, 0.05) is 11.5 Å². The van der Waals surface area contributed by atoms with Crippen LogP contribution in [0.5, 0.6) is 0 Å². The van der Waals surface area contributed by atoms with E-state index in [0.717, 1.165) is 49.7 Å². The van der Waals surface area contributed by atoms with Crippen LogP contribution in [0, 0.1) is 5.92 Å². The number of rotatable bonds is 4. The Morgan fingerprint density at radius 3 is 2.61 bits per heavy atom. The quantitative estimate of drug-likeness (QED) is 0.592. The van der Waals surface area contributed by atoms with Gasteiger partial charge in [-0.1, -0.05) is 30.9 Å². The van der Waals surface area contributed by atoms with Crippen molar-refractivity contribution in [2.45, 2.75) is 57.8 Å². The number of aryl methyl sites for hydroxylation is 1. The number of carbonyl (C=O) groups excluding carboxylic acids is 2. The van der Waals surface area contributed by atoms with E-state index in [1.54, 1.807) is 0 Å². The van der Waals surface area contributed by atoms with Gasteiger partial charge in [0.15, 0.2) is 5.78 Å². The fourth-order valence-electron chi connectivity index (χ4n) is 3.89. The van der Waals surface area contributed by atoms with Gasteiger partial charge < -0.3 is 4.74 Å². The average Bonchev–Trinajstić information content (AvgIpc) is 2.97. The Morgan fingerprint density at radius 2 is 1.91 bits per heavy atom.